The lowest BCUT2D eigenvalue weighted by Gasteiger charge is -2.10. The molecule has 8 heavy (non-hydrogen) atoms. The highest BCUT2D eigenvalue weighted by Gasteiger charge is 2.04. The van der Waals surface area contributed by atoms with Crippen molar-refractivity contribution in [3.05, 3.63) is 0 Å². The van der Waals surface area contributed by atoms with Gasteiger partial charge in [0.2, 0.25) is 0 Å². The van der Waals surface area contributed by atoms with Gasteiger partial charge >= 0.3 is 6.09 Å². The number of carbonyl (C=O) groups excluding carboxylic acids is 1. The first-order valence-electron chi connectivity index (χ1n) is 2.30. The minimum absolute atomic E-state index is 0. The van der Waals surface area contributed by atoms with E-state index in [1.807, 2.05) is 0 Å². The van der Waals surface area contributed by atoms with Crippen LogP contribution in [0.25, 0.3) is 0 Å². The molecule has 1 rings (SSSR count). The van der Waals surface area contributed by atoms with E-state index in [4.69, 9.17) is 0 Å². The Labute approximate surface area is 53.8 Å². The number of alkyl carbamates (subject to hydrolysis) is 1. The van der Waals surface area contributed by atoms with Crippen molar-refractivity contribution in [1.82, 2.24) is 5.32 Å². The zero-order valence-electron chi connectivity index (χ0n) is 4.35. The van der Waals surface area contributed by atoms with E-state index in [1.165, 1.54) is 0 Å². The van der Waals surface area contributed by atoms with Crippen LogP contribution in [-0.2, 0) is 4.74 Å². The molecule has 1 heterocycles. The van der Waals surface area contributed by atoms with E-state index in [2.05, 4.69) is 10.1 Å². The quantitative estimate of drug-likeness (QED) is 0.529. The van der Waals surface area contributed by atoms with Gasteiger partial charge in [-0.3, -0.25) is 0 Å². The average molecular weight is 138 g/mol. The first-order valence-corrected chi connectivity index (χ1v) is 2.30. The van der Waals surface area contributed by atoms with Crippen molar-refractivity contribution in [3.8, 4) is 0 Å². The molecule has 0 spiro atoms. The number of hydrogen-bond donors (Lipinski definition) is 1. The van der Waals surface area contributed by atoms with Crippen molar-refractivity contribution < 1.29 is 9.53 Å². The number of cyclic esters (lactones) is 1. The fourth-order valence-electron chi connectivity index (χ4n) is 0.479. The molecule has 1 aliphatic heterocycles. The van der Waals surface area contributed by atoms with E-state index in [0.717, 1.165) is 13.0 Å². The van der Waals surface area contributed by atoms with Gasteiger partial charge in [0.15, 0.2) is 0 Å². The molecular formula is C4H8ClNO2. The molecule has 0 aromatic rings. The van der Waals surface area contributed by atoms with Crippen LogP contribution in [0.1, 0.15) is 6.42 Å². The van der Waals surface area contributed by atoms with Crippen LogP contribution in [-0.4, -0.2) is 19.2 Å². The first kappa shape index (κ1) is 7.56. The van der Waals surface area contributed by atoms with Crippen LogP contribution in [0.15, 0.2) is 0 Å². The van der Waals surface area contributed by atoms with Crippen molar-refractivity contribution in [1.29, 1.82) is 0 Å². The Hall–Kier alpha value is -0.440. The Morgan fingerprint density at radius 3 is 2.62 bits per heavy atom. The molecule has 3 nitrogen and oxygen atoms in total. The third-order valence-corrected chi connectivity index (χ3v) is 0.824. The lowest BCUT2D eigenvalue weighted by molar-refractivity contribution is 0.129. The molecule has 1 N–H and O–H groups in total. The minimum Gasteiger partial charge on any atom is -0.449 e. The Kier molecular flexibility index (Phi) is 3.35. The maximum atomic E-state index is 10.1. The van der Waals surface area contributed by atoms with Crippen molar-refractivity contribution in [2.75, 3.05) is 13.2 Å². The molecule has 0 atom stereocenters. The van der Waals surface area contributed by atoms with E-state index in [0.29, 0.717) is 6.61 Å². The van der Waals surface area contributed by atoms with Crippen molar-refractivity contribution in [3.63, 3.8) is 0 Å². The molecule has 1 fully saturated rings. The molecule has 0 unspecified atom stereocenters. The van der Waals surface area contributed by atoms with Gasteiger partial charge in [0.1, 0.15) is 0 Å². The molecular weight excluding hydrogens is 130 g/mol. The largest absolute Gasteiger partial charge is 0.449 e. The summed E-state index contributed by atoms with van der Waals surface area (Å²) in [4.78, 5) is 10.1. The Balaban J connectivity index is 0.000000490. The second-order valence-corrected chi connectivity index (χ2v) is 1.42. The number of rotatable bonds is 0. The summed E-state index contributed by atoms with van der Waals surface area (Å²) in [5.41, 5.74) is 0. The first-order chi connectivity index (χ1) is 3.39. The summed E-state index contributed by atoms with van der Waals surface area (Å²) in [6.45, 7) is 1.34. The van der Waals surface area contributed by atoms with E-state index in [1.54, 1.807) is 0 Å². The number of carbonyl (C=O) groups is 1. The molecule has 0 radical (unpaired) electrons. The molecule has 0 aromatic heterocycles. The van der Waals surface area contributed by atoms with Gasteiger partial charge in [-0.1, -0.05) is 0 Å². The third-order valence-electron chi connectivity index (χ3n) is 0.824. The zero-order chi connectivity index (χ0) is 5.11. The number of ether oxygens (including phenoxy) is 1. The summed E-state index contributed by atoms with van der Waals surface area (Å²) in [5.74, 6) is 0. The van der Waals surface area contributed by atoms with Gasteiger partial charge in [-0.25, -0.2) is 4.79 Å². The van der Waals surface area contributed by atoms with Crippen LogP contribution in [0.2, 0.25) is 0 Å². The summed E-state index contributed by atoms with van der Waals surface area (Å²) in [6, 6.07) is 0. The van der Waals surface area contributed by atoms with Crippen molar-refractivity contribution >= 4 is 18.5 Å². The van der Waals surface area contributed by atoms with Crippen LogP contribution in [0.3, 0.4) is 0 Å². The molecule has 1 aliphatic rings. The predicted octanol–water partition coefficient (Wildman–Crippen LogP) is 0.538. The van der Waals surface area contributed by atoms with E-state index >= 15 is 0 Å². The van der Waals surface area contributed by atoms with Crippen LogP contribution >= 0.6 is 12.4 Å². The molecule has 0 saturated carbocycles. The molecule has 0 aliphatic carbocycles. The fourth-order valence-corrected chi connectivity index (χ4v) is 0.479. The Bertz CT molecular complexity index is 78.1. The van der Waals surface area contributed by atoms with E-state index in [9.17, 15) is 4.79 Å². The second kappa shape index (κ2) is 3.55. The number of nitrogens with one attached hydrogen (secondary N) is 1. The van der Waals surface area contributed by atoms with Gasteiger partial charge in [0.25, 0.3) is 0 Å². The van der Waals surface area contributed by atoms with Crippen LogP contribution in [0.4, 0.5) is 4.79 Å². The van der Waals surface area contributed by atoms with Crippen LogP contribution in [0.5, 0.6) is 0 Å². The van der Waals surface area contributed by atoms with Gasteiger partial charge in [-0.15, -0.1) is 12.4 Å². The topological polar surface area (TPSA) is 38.3 Å². The van der Waals surface area contributed by atoms with Gasteiger partial charge in [0.05, 0.1) is 6.61 Å². The Morgan fingerprint density at radius 1 is 1.62 bits per heavy atom. The second-order valence-electron chi connectivity index (χ2n) is 1.42. The van der Waals surface area contributed by atoms with Crippen molar-refractivity contribution in [2.24, 2.45) is 0 Å². The van der Waals surface area contributed by atoms with Crippen LogP contribution < -0.4 is 5.32 Å². The number of hydrogen-bond acceptors (Lipinski definition) is 2. The summed E-state index contributed by atoms with van der Waals surface area (Å²) >= 11 is 0. The lowest BCUT2D eigenvalue weighted by atomic mass is 10.4. The maximum absolute atomic E-state index is 10.1. The third kappa shape index (κ3) is 2.02. The fraction of sp³-hybridized carbons (Fsp3) is 0.750. The molecule has 48 valence electrons. The van der Waals surface area contributed by atoms with E-state index in [-0.39, 0.29) is 18.5 Å². The molecule has 0 aromatic carbocycles. The number of halogens is 1. The highest BCUT2D eigenvalue weighted by atomic mass is 35.5. The molecule has 4 heteroatoms. The zero-order valence-corrected chi connectivity index (χ0v) is 5.16. The summed E-state index contributed by atoms with van der Waals surface area (Å²) in [5, 5.41) is 2.52. The number of amides is 1. The smallest absolute Gasteiger partial charge is 0.407 e. The van der Waals surface area contributed by atoms with Crippen molar-refractivity contribution in [2.45, 2.75) is 6.42 Å². The Morgan fingerprint density at radius 2 is 2.38 bits per heavy atom. The minimum atomic E-state index is -0.286. The predicted molar refractivity (Wildman–Crippen MR) is 31.2 cm³/mol. The summed E-state index contributed by atoms with van der Waals surface area (Å²) in [6.07, 6.45) is 0.650. The van der Waals surface area contributed by atoms with E-state index < -0.39 is 0 Å². The van der Waals surface area contributed by atoms with Gasteiger partial charge in [-0.2, -0.15) is 0 Å². The lowest BCUT2D eigenvalue weighted by Crippen LogP contribution is -2.31. The summed E-state index contributed by atoms with van der Waals surface area (Å²) < 4.78 is 4.53. The standard InChI is InChI=1S/C4H7NO2.ClH/c6-4-5-2-1-3-7-4;/h1-3H2,(H,5,6);1H. The molecule has 1 amide bonds. The molecule has 0 bridgehead atoms. The van der Waals surface area contributed by atoms with Gasteiger partial charge in [0, 0.05) is 6.54 Å². The SMILES string of the molecule is Cl.O=C1NCCCO1. The monoisotopic (exact) mass is 137 g/mol. The molecule has 1 saturated heterocycles. The van der Waals surface area contributed by atoms with Gasteiger partial charge < -0.3 is 10.1 Å². The normalized spacial score (nSPS) is 17.8. The van der Waals surface area contributed by atoms with Crippen LogP contribution in [0, 0.1) is 0 Å². The maximum Gasteiger partial charge on any atom is 0.407 e. The van der Waals surface area contributed by atoms with Gasteiger partial charge in [-0.05, 0) is 6.42 Å². The summed E-state index contributed by atoms with van der Waals surface area (Å²) in [7, 11) is 0. The highest BCUT2D eigenvalue weighted by molar-refractivity contribution is 5.85. The average Bonchev–Trinajstić information content (AvgIpc) is 1.69. The highest BCUT2D eigenvalue weighted by Crippen LogP contribution is 1.88.